The van der Waals surface area contributed by atoms with E-state index in [1.54, 1.807) is 20.2 Å². The number of anilines is 2. The standard InChI is InChI=1S/C19H27N7O2/c1-14-18(15(2)28-22-14)19(27)26-10-8-25(9-11-26)17-12-16(20-13-21-17)24-6-4-23(3)5-7-24/h12-13H,4-11H2,1-3H3. The van der Waals surface area contributed by atoms with Gasteiger partial charge in [0, 0.05) is 58.4 Å². The molecule has 2 aliphatic heterocycles. The van der Waals surface area contributed by atoms with E-state index in [9.17, 15) is 4.79 Å². The summed E-state index contributed by atoms with van der Waals surface area (Å²) in [5.74, 6) is 2.48. The molecule has 2 aromatic heterocycles. The molecule has 1 amide bonds. The van der Waals surface area contributed by atoms with Crippen molar-refractivity contribution in [1.29, 1.82) is 0 Å². The predicted molar refractivity (Wildman–Crippen MR) is 106 cm³/mol. The molecular weight excluding hydrogens is 358 g/mol. The van der Waals surface area contributed by atoms with E-state index in [0.29, 0.717) is 30.1 Å². The van der Waals surface area contributed by atoms with Crippen molar-refractivity contribution in [1.82, 2.24) is 24.9 Å². The van der Waals surface area contributed by atoms with Crippen LogP contribution in [0.5, 0.6) is 0 Å². The number of carbonyl (C=O) groups is 1. The van der Waals surface area contributed by atoms with Gasteiger partial charge in [-0.1, -0.05) is 5.16 Å². The number of likely N-dealkylation sites (N-methyl/N-ethyl adjacent to an activating group) is 1. The summed E-state index contributed by atoms with van der Waals surface area (Å²) < 4.78 is 5.14. The molecule has 2 fully saturated rings. The Bertz CT molecular complexity index is 817. The van der Waals surface area contributed by atoms with Gasteiger partial charge in [-0.3, -0.25) is 4.79 Å². The lowest BCUT2D eigenvalue weighted by atomic mass is 10.1. The molecule has 0 atom stereocenters. The van der Waals surface area contributed by atoms with E-state index in [4.69, 9.17) is 4.52 Å². The second kappa shape index (κ2) is 7.75. The Labute approximate surface area is 164 Å². The molecule has 0 aliphatic carbocycles. The maximum absolute atomic E-state index is 12.8. The van der Waals surface area contributed by atoms with Gasteiger partial charge in [0.1, 0.15) is 29.3 Å². The molecule has 28 heavy (non-hydrogen) atoms. The quantitative estimate of drug-likeness (QED) is 0.767. The van der Waals surface area contributed by atoms with E-state index in [1.807, 2.05) is 4.90 Å². The molecule has 150 valence electrons. The number of rotatable bonds is 3. The van der Waals surface area contributed by atoms with Crippen LogP contribution in [0, 0.1) is 13.8 Å². The van der Waals surface area contributed by atoms with Crippen LogP contribution in [0.25, 0.3) is 0 Å². The molecule has 2 saturated heterocycles. The van der Waals surface area contributed by atoms with Gasteiger partial charge in [0.25, 0.3) is 5.91 Å². The van der Waals surface area contributed by atoms with Crippen LogP contribution in [-0.2, 0) is 0 Å². The molecule has 0 N–H and O–H groups in total. The number of piperazine rings is 2. The van der Waals surface area contributed by atoms with Crippen LogP contribution in [0.1, 0.15) is 21.8 Å². The van der Waals surface area contributed by atoms with Crippen molar-refractivity contribution < 1.29 is 9.32 Å². The molecule has 2 aromatic rings. The second-order valence-corrected chi connectivity index (χ2v) is 7.50. The molecule has 0 aromatic carbocycles. The molecular formula is C19H27N7O2. The highest BCUT2D eigenvalue weighted by Crippen LogP contribution is 2.21. The predicted octanol–water partition coefficient (Wildman–Crippen LogP) is 0.796. The van der Waals surface area contributed by atoms with Crippen molar-refractivity contribution >= 4 is 17.5 Å². The van der Waals surface area contributed by atoms with Gasteiger partial charge in [-0.05, 0) is 20.9 Å². The number of hydrogen-bond donors (Lipinski definition) is 0. The summed E-state index contributed by atoms with van der Waals surface area (Å²) in [5, 5.41) is 3.90. The Kier molecular flexibility index (Phi) is 5.17. The van der Waals surface area contributed by atoms with E-state index in [-0.39, 0.29) is 5.91 Å². The summed E-state index contributed by atoms with van der Waals surface area (Å²) in [6, 6.07) is 2.07. The Morgan fingerprint density at radius 1 is 0.929 bits per heavy atom. The summed E-state index contributed by atoms with van der Waals surface area (Å²) >= 11 is 0. The molecule has 0 saturated carbocycles. The third-order valence-corrected chi connectivity index (χ3v) is 5.60. The van der Waals surface area contributed by atoms with E-state index in [2.05, 4.69) is 42.9 Å². The first-order valence-electron chi connectivity index (χ1n) is 9.75. The van der Waals surface area contributed by atoms with Crippen molar-refractivity contribution in [3.8, 4) is 0 Å². The second-order valence-electron chi connectivity index (χ2n) is 7.50. The van der Waals surface area contributed by atoms with Crippen molar-refractivity contribution in [2.45, 2.75) is 13.8 Å². The number of nitrogens with zero attached hydrogens (tertiary/aromatic N) is 7. The summed E-state index contributed by atoms with van der Waals surface area (Å²) in [6.45, 7) is 10.4. The molecule has 4 rings (SSSR count). The van der Waals surface area contributed by atoms with Gasteiger partial charge in [0.05, 0.1) is 5.69 Å². The maximum Gasteiger partial charge on any atom is 0.259 e. The zero-order valence-corrected chi connectivity index (χ0v) is 16.8. The average Bonchev–Trinajstić information content (AvgIpc) is 3.06. The first-order chi connectivity index (χ1) is 13.5. The molecule has 9 heteroatoms. The van der Waals surface area contributed by atoms with Crippen molar-refractivity contribution in [3.05, 3.63) is 29.4 Å². The fourth-order valence-corrected chi connectivity index (χ4v) is 3.80. The van der Waals surface area contributed by atoms with Crippen LogP contribution in [0.2, 0.25) is 0 Å². The van der Waals surface area contributed by atoms with Crippen molar-refractivity contribution in [3.63, 3.8) is 0 Å². The molecule has 2 aliphatic rings. The fourth-order valence-electron chi connectivity index (χ4n) is 3.80. The molecule has 0 unspecified atom stereocenters. The monoisotopic (exact) mass is 385 g/mol. The molecule has 0 radical (unpaired) electrons. The number of carbonyl (C=O) groups excluding carboxylic acids is 1. The fraction of sp³-hybridized carbons (Fsp3) is 0.579. The van der Waals surface area contributed by atoms with Crippen LogP contribution in [0.4, 0.5) is 11.6 Å². The SMILES string of the molecule is Cc1noc(C)c1C(=O)N1CCN(c2cc(N3CCN(C)CC3)ncn2)CC1. The highest BCUT2D eigenvalue weighted by molar-refractivity contribution is 5.96. The van der Waals surface area contributed by atoms with E-state index in [1.165, 1.54) is 0 Å². The summed E-state index contributed by atoms with van der Waals surface area (Å²) in [6.07, 6.45) is 1.64. The lowest BCUT2D eigenvalue weighted by molar-refractivity contribution is 0.0744. The van der Waals surface area contributed by atoms with Crippen molar-refractivity contribution in [2.75, 3.05) is 69.2 Å². The van der Waals surface area contributed by atoms with Gasteiger partial charge in [0.15, 0.2) is 0 Å². The van der Waals surface area contributed by atoms with Gasteiger partial charge >= 0.3 is 0 Å². The van der Waals surface area contributed by atoms with E-state index in [0.717, 1.165) is 50.9 Å². The molecule has 0 bridgehead atoms. The number of aromatic nitrogens is 3. The van der Waals surface area contributed by atoms with E-state index < -0.39 is 0 Å². The minimum absolute atomic E-state index is 0.00304. The number of hydrogen-bond acceptors (Lipinski definition) is 8. The Morgan fingerprint density at radius 2 is 1.50 bits per heavy atom. The normalized spacial score (nSPS) is 18.6. The Balaban J connectivity index is 1.40. The van der Waals surface area contributed by atoms with Gasteiger partial charge in [-0.25, -0.2) is 9.97 Å². The van der Waals surface area contributed by atoms with Crippen LogP contribution >= 0.6 is 0 Å². The summed E-state index contributed by atoms with van der Waals surface area (Å²) in [5.41, 5.74) is 1.24. The zero-order chi connectivity index (χ0) is 19.7. The molecule has 0 spiro atoms. The maximum atomic E-state index is 12.8. The topological polar surface area (TPSA) is 81.8 Å². The highest BCUT2D eigenvalue weighted by atomic mass is 16.5. The lowest BCUT2D eigenvalue weighted by Gasteiger charge is -2.36. The average molecular weight is 385 g/mol. The highest BCUT2D eigenvalue weighted by Gasteiger charge is 2.27. The molecule has 9 nitrogen and oxygen atoms in total. The van der Waals surface area contributed by atoms with Gasteiger partial charge in [0.2, 0.25) is 0 Å². The zero-order valence-electron chi connectivity index (χ0n) is 16.8. The third-order valence-electron chi connectivity index (χ3n) is 5.60. The van der Waals surface area contributed by atoms with E-state index >= 15 is 0 Å². The van der Waals surface area contributed by atoms with Crippen LogP contribution in [0.3, 0.4) is 0 Å². The van der Waals surface area contributed by atoms with Crippen LogP contribution < -0.4 is 9.80 Å². The van der Waals surface area contributed by atoms with Crippen molar-refractivity contribution in [2.24, 2.45) is 0 Å². The number of aryl methyl sites for hydroxylation is 2. The van der Waals surface area contributed by atoms with Crippen LogP contribution in [-0.4, -0.2) is 90.2 Å². The van der Waals surface area contributed by atoms with Crippen LogP contribution in [0.15, 0.2) is 16.9 Å². The minimum Gasteiger partial charge on any atom is -0.361 e. The Morgan fingerprint density at radius 3 is 2.04 bits per heavy atom. The first kappa shape index (κ1) is 18.7. The van der Waals surface area contributed by atoms with Gasteiger partial charge in [-0.2, -0.15) is 0 Å². The lowest BCUT2D eigenvalue weighted by Crippen LogP contribution is -2.49. The number of amides is 1. The first-order valence-corrected chi connectivity index (χ1v) is 9.75. The largest absolute Gasteiger partial charge is 0.361 e. The summed E-state index contributed by atoms with van der Waals surface area (Å²) in [4.78, 5) is 30.5. The summed E-state index contributed by atoms with van der Waals surface area (Å²) in [7, 11) is 2.14. The Hall–Kier alpha value is -2.68. The third kappa shape index (κ3) is 3.66. The smallest absolute Gasteiger partial charge is 0.259 e. The van der Waals surface area contributed by atoms with Gasteiger partial charge < -0.3 is 24.1 Å². The van der Waals surface area contributed by atoms with Gasteiger partial charge in [-0.15, -0.1) is 0 Å². The minimum atomic E-state index is -0.00304. The molecule has 4 heterocycles.